The largest absolute Gasteiger partial charge is 0.481 e. The molecule has 0 unspecified atom stereocenters. The van der Waals surface area contributed by atoms with Crippen LogP contribution in [0.15, 0.2) is 6.07 Å². The third kappa shape index (κ3) is 2.47. The smallest absolute Gasteiger partial charge is 0.303 e. The van der Waals surface area contributed by atoms with Crippen molar-refractivity contribution in [1.29, 1.82) is 0 Å². The summed E-state index contributed by atoms with van der Waals surface area (Å²) in [6, 6.07) is 1.72. The fourth-order valence-corrected chi connectivity index (χ4v) is 2.05. The van der Waals surface area contributed by atoms with Crippen molar-refractivity contribution in [2.24, 2.45) is 5.92 Å². The minimum atomic E-state index is -0.815. The first-order chi connectivity index (χ1) is 8.47. The van der Waals surface area contributed by atoms with Crippen LogP contribution in [0.1, 0.15) is 28.2 Å². The molecule has 0 spiro atoms. The molecule has 1 aliphatic heterocycles. The third-order valence-electron chi connectivity index (χ3n) is 3.04. The minimum Gasteiger partial charge on any atom is -0.481 e. The quantitative estimate of drug-likeness (QED) is 0.849. The highest BCUT2D eigenvalue weighted by molar-refractivity contribution is 5.95. The average Bonchev–Trinajstić information content (AvgIpc) is 2.25. The standard InChI is InChI=1S/C12H15N3O3/c1-7-3-10(8(2)14-13-7)12(18)15-5-9(6-15)4-11(16)17/h3,9H,4-6H2,1-2H3,(H,16,17). The molecule has 2 heterocycles. The van der Waals surface area contributed by atoms with Gasteiger partial charge in [-0.3, -0.25) is 9.59 Å². The number of aromatic nitrogens is 2. The lowest BCUT2D eigenvalue weighted by molar-refractivity contribution is -0.139. The van der Waals surface area contributed by atoms with Crippen LogP contribution in [0.25, 0.3) is 0 Å². The highest BCUT2D eigenvalue weighted by Gasteiger charge is 2.33. The van der Waals surface area contributed by atoms with Crippen molar-refractivity contribution >= 4 is 11.9 Å². The zero-order valence-electron chi connectivity index (χ0n) is 10.4. The maximum absolute atomic E-state index is 12.1. The fraction of sp³-hybridized carbons (Fsp3) is 0.500. The topological polar surface area (TPSA) is 83.4 Å². The Morgan fingerprint density at radius 3 is 2.67 bits per heavy atom. The Bertz CT molecular complexity index is 495. The molecule has 1 aliphatic rings. The van der Waals surface area contributed by atoms with Crippen molar-refractivity contribution in [3.8, 4) is 0 Å². The summed E-state index contributed by atoms with van der Waals surface area (Å²) in [6.07, 6.45) is 0.121. The van der Waals surface area contributed by atoms with E-state index in [0.29, 0.717) is 30.0 Å². The summed E-state index contributed by atoms with van der Waals surface area (Å²) in [7, 11) is 0. The van der Waals surface area contributed by atoms with Gasteiger partial charge in [0, 0.05) is 19.0 Å². The van der Waals surface area contributed by atoms with E-state index < -0.39 is 5.97 Å². The molecule has 0 aromatic carbocycles. The molecule has 1 N–H and O–H groups in total. The zero-order valence-corrected chi connectivity index (χ0v) is 10.4. The van der Waals surface area contributed by atoms with E-state index in [2.05, 4.69) is 10.2 Å². The normalized spacial score (nSPS) is 15.3. The van der Waals surface area contributed by atoms with Gasteiger partial charge in [-0.05, 0) is 19.9 Å². The number of hydrogen-bond donors (Lipinski definition) is 1. The summed E-state index contributed by atoms with van der Waals surface area (Å²) in [5.74, 6) is -0.834. The van der Waals surface area contributed by atoms with Crippen LogP contribution in [0, 0.1) is 19.8 Å². The molecular formula is C12H15N3O3. The first-order valence-corrected chi connectivity index (χ1v) is 5.79. The summed E-state index contributed by atoms with van der Waals surface area (Å²) in [4.78, 5) is 24.3. The third-order valence-corrected chi connectivity index (χ3v) is 3.04. The van der Waals surface area contributed by atoms with Crippen LogP contribution >= 0.6 is 0 Å². The van der Waals surface area contributed by atoms with Gasteiger partial charge in [-0.25, -0.2) is 0 Å². The Morgan fingerprint density at radius 2 is 2.06 bits per heavy atom. The molecule has 1 amide bonds. The number of carboxylic acid groups (broad SMARTS) is 1. The van der Waals surface area contributed by atoms with Crippen LogP contribution in [0.5, 0.6) is 0 Å². The Balaban J connectivity index is 2.01. The number of carbonyl (C=O) groups excluding carboxylic acids is 1. The van der Waals surface area contributed by atoms with E-state index in [1.807, 2.05) is 0 Å². The molecule has 1 fully saturated rings. The summed E-state index contributed by atoms with van der Waals surface area (Å²) in [5.41, 5.74) is 1.86. The van der Waals surface area contributed by atoms with Crippen LogP contribution in [0.4, 0.5) is 0 Å². The lowest BCUT2D eigenvalue weighted by Gasteiger charge is -2.38. The van der Waals surface area contributed by atoms with Gasteiger partial charge in [0.05, 0.1) is 23.4 Å². The molecule has 1 saturated heterocycles. The van der Waals surface area contributed by atoms with Gasteiger partial charge in [-0.1, -0.05) is 0 Å². The maximum Gasteiger partial charge on any atom is 0.303 e. The highest BCUT2D eigenvalue weighted by Crippen LogP contribution is 2.22. The van der Waals surface area contributed by atoms with E-state index >= 15 is 0 Å². The number of hydrogen-bond acceptors (Lipinski definition) is 4. The van der Waals surface area contributed by atoms with Gasteiger partial charge >= 0.3 is 5.97 Å². The zero-order chi connectivity index (χ0) is 13.3. The van der Waals surface area contributed by atoms with E-state index in [4.69, 9.17) is 5.11 Å². The molecule has 0 aliphatic carbocycles. The lowest BCUT2D eigenvalue weighted by Crippen LogP contribution is -2.50. The monoisotopic (exact) mass is 249 g/mol. The van der Waals surface area contributed by atoms with Gasteiger partial charge in [0.1, 0.15) is 0 Å². The van der Waals surface area contributed by atoms with Gasteiger partial charge in [0.15, 0.2) is 0 Å². The van der Waals surface area contributed by atoms with Gasteiger partial charge in [-0.2, -0.15) is 10.2 Å². The number of carbonyl (C=O) groups is 2. The van der Waals surface area contributed by atoms with E-state index in [1.165, 1.54) is 0 Å². The average molecular weight is 249 g/mol. The Kier molecular flexibility index (Phi) is 3.27. The first kappa shape index (κ1) is 12.5. The summed E-state index contributed by atoms with van der Waals surface area (Å²) < 4.78 is 0. The molecule has 6 heteroatoms. The predicted molar refractivity (Wildman–Crippen MR) is 63.2 cm³/mol. The minimum absolute atomic E-state index is 0.0719. The van der Waals surface area contributed by atoms with Crippen molar-refractivity contribution < 1.29 is 14.7 Å². The number of aliphatic carboxylic acids is 1. The SMILES string of the molecule is Cc1cc(C(=O)N2CC(CC(=O)O)C2)c(C)nn1. The second-order valence-corrected chi connectivity index (χ2v) is 4.66. The fourth-order valence-electron chi connectivity index (χ4n) is 2.05. The van der Waals surface area contributed by atoms with Gasteiger partial charge in [-0.15, -0.1) is 0 Å². The Hall–Kier alpha value is -1.98. The number of likely N-dealkylation sites (tertiary alicyclic amines) is 1. The van der Waals surface area contributed by atoms with Crippen molar-refractivity contribution in [2.45, 2.75) is 20.3 Å². The first-order valence-electron chi connectivity index (χ1n) is 5.79. The molecular weight excluding hydrogens is 234 g/mol. The predicted octanol–water partition coefficient (Wildman–Crippen LogP) is 0.640. The maximum atomic E-state index is 12.1. The van der Waals surface area contributed by atoms with E-state index in [1.54, 1.807) is 24.8 Å². The van der Waals surface area contributed by atoms with Gasteiger partial charge < -0.3 is 10.0 Å². The number of nitrogens with zero attached hydrogens (tertiary/aromatic N) is 3. The van der Waals surface area contributed by atoms with Crippen LogP contribution in [-0.4, -0.2) is 45.2 Å². The van der Waals surface area contributed by atoms with E-state index in [0.717, 1.165) is 0 Å². The number of aryl methyl sites for hydroxylation is 2. The van der Waals surface area contributed by atoms with E-state index in [-0.39, 0.29) is 18.2 Å². The number of carboxylic acids is 1. The summed E-state index contributed by atoms with van der Waals surface area (Å²) in [6.45, 7) is 4.54. The van der Waals surface area contributed by atoms with Crippen molar-refractivity contribution in [3.63, 3.8) is 0 Å². The molecule has 6 nitrogen and oxygen atoms in total. The molecule has 1 aromatic rings. The highest BCUT2D eigenvalue weighted by atomic mass is 16.4. The van der Waals surface area contributed by atoms with Crippen LogP contribution < -0.4 is 0 Å². The van der Waals surface area contributed by atoms with Crippen LogP contribution in [0.2, 0.25) is 0 Å². The molecule has 0 atom stereocenters. The van der Waals surface area contributed by atoms with Crippen molar-refractivity contribution in [1.82, 2.24) is 15.1 Å². The van der Waals surface area contributed by atoms with Crippen LogP contribution in [-0.2, 0) is 4.79 Å². The summed E-state index contributed by atoms with van der Waals surface area (Å²) >= 11 is 0. The van der Waals surface area contributed by atoms with Gasteiger partial charge in [0.2, 0.25) is 0 Å². The molecule has 96 valence electrons. The molecule has 0 radical (unpaired) electrons. The van der Waals surface area contributed by atoms with Crippen molar-refractivity contribution in [2.75, 3.05) is 13.1 Å². The van der Waals surface area contributed by atoms with Crippen LogP contribution in [0.3, 0.4) is 0 Å². The molecule has 18 heavy (non-hydrogen) atoms. The molecule has 0 saturated carbocycles. The second kappa shape index (κ2) is 4.72. The Labute approximate surface area is 105 Å². The van der Waals surface area contributed by atoms with Crippen molar-refractivity contribution in [3.05, 3.63) is 23.0 Å². The Morgan fingerprint density at radius 1 is 1.39 bits per heavy atom. The van der Waals surface area contributed by atoms with Gasteiger partial charge in [0.25, 0.3) is 5.91 Å². The molecule has 1 aromatic heterocycles. The number of rotatable bonds is 3. The number of amides is 1. The lowest BCUT2D eigenvalue weighted by atomic mass is 9.95. The molecule has 2 rings (SSSR count). The summed E-state index contributed by atoms with van der Waals surface area (Å²) in [5, 5.41) is 16.4. The van der Waals surface area contributed by atoms with E-state index in [9.17, 15) is 9.59 Å². The molecule has 0 bridgehead atoms. The second-order valence-electron chi connectivity index (χ2n) is 4.66.